The zero-order valence-electron chi connectivity index (χ0n) is 13.2. The number of carbonyl (C=O) groups excluding carboxylic acids is 1. The standard InChI is InChI=1S/C14H26N6O/c1-4-6-20-11-16-17-13(20)8-15-14(21)10-19-7-5-12(9-19)18(2)3/h11-12H,4-10H2,1-3H3,(H,15,21)/t12-/m0/s1. The lowest BCUT2D eigenvalue weighted by molar-refractivity contribution is -0.122. The molecule has 118 valence electrons. The summed E-state index contributed by atoms with van der Waals surface area (Å²) in [5.74, 6) is 0.873. The van der Waals surface area contributed by atoms with E-state index in [1.807, 2.05) is 4.57 Å². The molecule has 1 N–H and O–H groups in total. The average Bonchev–Trinajstić information content (AvgIpc) is 3.06. The van der Waals surface area contributed by atoms with Crippen molar-refractivity contribution in [2.45, 2.75) is 38.9 Å². The zero-order valence-corrected chi connectivity index (χ0v) is 13.2. The third-order valence-electron chi connectivity index (χ3n) is 3.95. The van der Waals surface area contributed by atoms with E-state index < -0.39 is 0 Å². The largest absolute Gasteiger partial charge is 0.348 e. The Kier molecular flexibility index (Phi) is 5.69. The van der Waals surface area contributed by atoms with Gasteiger partial charge in [0.15, 0.2) is 5.82 Å². The molecule has 0 spiro atoms. The molecule has 1 saturated heterocycles. The molecule has 2 rings (SSSR count). The summed E-state index contributed by atoms with van der Waals surface area (Å²) in [6.45, 7) is 5.86. The van der Waals surface area contributed by atoms with Gasteiger partial charge in [0.25, 0.3) is 0 Å². The van der Waals surface area contributed by atoms with Crippen LogP contribution in [0.3, 0.4) is 0 Å². The number of aryl methyl sites for hydroxylation is 1. The molecule has 21 heavy (non-hydrogen) atoms. The van der Waals surface area contributed by atoms with Crippen molar-refractivity contribution in [2.75, 3.05) is 33.7 Å². The minimum atomic E-state index is 0.0560. The van der Waals surface area contributed by atoms with Crippen LogP contribution in [0.15, 0.2) is 6.33 Å². The van der Waals surface area contributed by atoms with E-state index in [1.54, 1.807) is 6.33 Å². The number of likely N-dealkylation sites (N-methyl/N-ethyl adjacent to an activating group) is 1. The normalized spacial score (nSPS) is 19.3. The molecule has 0 aromatic carbocycles. The van der Waals surface area contributed by atoms with Gasteiger partial charge in [0.05, 0.1) is 13.1 Å². The lowest BCUT2D eigenvalue weighted by Gasteiger charge is -2.20. The van der Waals surface area contributed by atoms with Crippen LogP contribution in [0.1, 0.15) is 25.6 Å². The van der Waals surface area contributed by atoms with Crippen molar-refractivity contribution in [3.05, 3.63) is 12.2 Å². The summed E-state index contributed by atoms with van der Waals surface area (Å²) in [7, 11) is 4.18. The molecule has 1 aliphatic heterocycles. The van der Waals surface area contributed by atoms with Crippen LogP contribution in [0, 0.1) is 0 Å². The number of hydrogen-bond donors (Lipinski definition) is 1. The molecular weight excluding hydrogens is 268 g/mol. The Morgan fingerprint density at radius 1 is 1.52 bits per heavy atom. The maximum absolute atomic E-state index is 12.0. The lowest BCUT2D eigenvalue weighted by Crippen LogP contribution is -2.38. The second kappa shape index (κ2) is 7.51. The van der Waals surface area contributed by atoms with Crippen LogP contribution in [0.2, 0.25) is 0 Å². The maximum Gasteiger partial charge on any atom is 0.234 e. The van der Waals surface area contributed by atoms with Crippen LogP contribution in [-0.4, -0.2) is 70.2 Å². The highest BCUT2D eigenvalue weighted by Crippen LogP contribution is 2.12. The van der Waals surface area contributed by atoms with Crippen molar-refractivity contribution in [3.8, 4) is 0 Å². The van der Waals surface area contributed by atoms with Gasteiger partial charge in [-0.1, -0.05) is 6.92 Å². The van der Waals surface area contributed by atoms with Gasteiger partial charge in [0.1, 0.15) is 6.33 Å². The van der Waals surface area contributed by atoms with Gasteiger partial charge in [-0.05, 0) is 26.9 Å². The van der Waals surface area contributed by atoms with E-state index >= 15 is 0 Å². The Balaban J connectivity index is 1.74. The Morgan fingerprint density at radius 2 is 2.33 bits per heavy atom. The van der Waals surface area contributed by atoms with Crippen molar-refractivity contribution in [2.24, 2.45) is 0 Å². The number of amides is 1. The number of rotatable bonds is 7. The fourth-order valence-corrected chi connectivity index (χ4v) is 2.66. The predicted octanol–water partition coefficient (Wildman–Crippen LogP) is -0.0598. The molecule has 1 aliphatic rings. The average molecular weight is 294 g/mol. The molecule has 2 heterocycles. The summed E-state index contributed by atoms with van der Waals surface area (Å²) in [4.78, 5) is 16.4. The Morgan fingerprint density at radius 3 is 3.00 bits per heavy atom. The van der Waals surface area contributed by atoms with E-state index in [4.69, 9.17) is 0 Å². The lowest BCUT2D eigenvalue weighted by atomic mass is 10.2. The fraction of sp³-hybridized carbons (Fsp3) is 0.786. The third kappa shape index (κ3) is 4.50. The quantitative estimate of drug-likeness (QED) is 0.763. The molecule has 0 radical (unpaired) electrons. The van der Waals surface area contributed by atoms with Crippen LogP contribution in [0.25, 0.3) is 0 Å². The molecule has 7 nitrogen and oxygen atoms in total. The highest BCUT2D eigenvalue weighted by molar-refractivity contribution is 5.77. The van der Waals surface area contributed by atoms with Gasteiger partial charge in [-0.15, -0.1) is 10.2 Å². The first-order valence-electron chi connectivity index (χ1n) is 7.62. The molecule has 7 heteroatoms. The number of carbonyl (C=O) groups is 1. The molecule has 1 amide bonds. The molecule has 1 atom stereocenters. The van der Waals surface area contributed by atoms with Crippen LogP contribution in [-0.2, 0) is 17.9 Å². The van der Waals surface area contributed by atoms with Gasteiger partial charge in [-0.25, -0.2) is 0 Å². The maximum atomic E-state index is 12.0. The second-order valence-corrected chi connectivity index (χ2v) is 5.86. The van der Waals surface area contributed by atoms with Crippen LogP contribution in [0.4, 0.5) is 0 Å². The molecule has 1 fully saturated rings. The highest BCUT2D eigenvalue weighted by atomic mass is 16.2. The molecule has 0 aliphatic carbocycles. The first-order valence-corrected chi connectivity index (χ1v) is 7.62. The Hall–Kier alpha value is -1.47. The molecule has 0 saturated carbocycles. The van der Waals surface area contributed by atoms with Gasteiger partial charge in [0.2, 0.25) is 5.91 Å². The zero-order chi connectivity index (χ0) is 15.2. The molecule has 1 aromatic heterocycles. The minimum Gasteiger partial charge on any atom is -0.348 e. The Bertz CT molecular complexity index is 458. The van der Waals surface area contributed by atoms with Gasteiger partial charge in [-0.3, -0.25) is 9.69 Å². The number of likely N-dealkylation sites (tertiary alicyclic amines) is 1. The van der Waals surface area contributed by atoms with E-state index in [1.165, 1.54) is 0 Å². The highest BCUT2D eigenvalue weighted by Gasteiger charge is 2.25. The van der Waals surface area contributed by atoms with Crippen molar-refractivity contribution in [1.29, 1.82) is 0 Å². The van der Waals surface area contributed by atoms with Gasteiger partial charge < -0.3 is 14.8 Å². The number of hydrogen-bond acceptors (Lipinski definition) is 5. The predicted molar refractivity (Wildman–Crippen MR) is 80.7 cm³/mol. The van der Waals surface area contributed by atoms with Crippen LogP contribution >= 0.6 is 0 Å². The van der Waals surface area contributed by atoms with Crippen LogP contribution in [0.5, 0.6) is 0 Å². The summed E-state index contributed by atoms with van der Waals surface area (Å²) < 4.78 is 1.98. The summed E-state index contributed by atoms with van der Waals surface area (Å²) in [5, 5.41) is 10.9. The summed E-state index contributed by atoms with van der Waals surface area (Å²) in [6, 6.07) is 0.561. The summed E-state index contributed by atoms with van der Waals surface area (Å²) >= 11 is 0. The van der Waals surface area contributed by atoms with Gasteiger partial charge in [0, 0.05) is 25.7 Å². The summed E-state index contributed by atoms with van der Waals surface area (Å²) in [6.07, 6.45) is 3.87. The van der Waals surface area contributed by atoms with Gasteiger partial charge >= 0.3 is 0 Å². The van der Waals surface area contributed by atoms with Crippen LogP contribution < -0.4 is 5.32 Å². The molecule has 0 bridgehead atoms. The van der Waals surface area contributed by atoms with Crippen molar-refractivity contribution < 1.29 is 4.79 Å². The Labute approximate surface area is 126 Å². The number of aromatic nitrogens is 3. The molecular formula is C14H26N6O. The van der Waals surface area contributed by atoms with Gasteiger partial charge in [-0.2, -0.15) is 0 Å². The monoisotopic (exact) mass is 294 g/mol. The SMILES string of the molecule is CCCn1cnnc1CNC(=O)CN1CC[C@H](N(C)C)C1. The number of nitrogens with one attached hydrogen (secondary N) is 1. The van der Waals surface area contributed by atoms with E-state index in [0.29, 0.717) is 19.1 Å². The first-order chi connectivity index (χ1) is 10.1. The summed E-state index contributed by atoms with van der Waals surface area (Å²) in [5.41, 5.74) is 0. The molecule has 0 unspecified atom stereocenters. The first kappa shape index (κ1) is 15.9. The van der Waals surface area contributed by atoms with Crippen molar-refractivity contribution in [3.63, 3.8) is 0 Å². The third-order valence-corrected chi connectivity index (χ3v) is 3.95. The topological polar surface area (TPSA) is 66.3 Å². The van der Waals surface area contributed by atoms with Crippen molar-refractivity contribution >= 4 is 5.91 Å². The smallest absolute Gasteiger partial charge is 0.234 e. The van der Waals surface area contributed by atoms with E-state index in [-0.39, 0.29) is 5.91 Å². The van der Waals surface area contributed by atoms with E-state index in [9.17, 15) is 4.79 Å². The number of nitrogens with zero attached hydrogens (tertiary/aromatic N) is 5. The van der Waals surface area contributed by atoms with E-state index in [0.717, 1.165) is 38.3 Å². The van der Waals surface area contributed by atoms with E-state index in [2.05, 4.69) is 46.3 Å². The van der Waals surface area contributed by atoms with Crippen molar-refractivity contribution in [1.82, 2.24) is 29.9 Å². The molecule has 1 aromatic rings. The second-order valence-electron chi connectivity index (χ2n) is 5.86. The minimum absolute atomic E-state index is 0.0560. The fourth-order valence-electron chi connectivity index (χ4n) is 2.66.